The number of halogens is 1. The molecule has 2 aromatic rings. The highest BCUT2D eigenvalue weighted by molar-refractivity contribution is 6.36. The quantitative estimate of drug-likeness (QED) is 0.860. The van der Waals surface area contributed by atoms with Gasteiger partial charge in [-0.15, -0.1) is 0 Å². The van der Waals surface area contributed by atoms with Crippen molar-refractivity contribution in [3.05, 3.63) is 22.3 Å². The van der Waals surface area contributed by atoms with E-state index in [1.54, 1.807) is 6.07 Å². The van der Waals surface area contributed by atoms with Crippen molar-refractivity contribution in [2.75, 3.05) is 6.61 Å². The Hall–Kier alpha value is -1.55. The predicted octanol–water partition coefficient (Wildman–Crippen LogP) is 4.15. The summed E-state index contributed by atoms with van der Waals surface area (Å²) in [6.07, 6.45) is 0. The van der Waals surface area contributed by atoms with E-state index < -0.39 is 0 Å². The van der Waals surface area contributed by atoms with Gasteiger partial charge < -0.3 is 4.74 Å². The molecule has 0 aliphatic rings. The Kier molecular flexibility index (Phi) is 5.36. The summed E-state index contributed by atoms with van der Waals surface area (Å²) in [6.45, 7) is 9.71. The molecule has 1 heterocycles. The van der Waals surface area contributed by atoms with Crippen molar-refractivity contribution in [1.82, 2.24) is 10.2 Å². The van der Waals surface area contributed by atoms with Crippen LogP contribution in [0.1, 0.15) is 43.7 Å². The van der Waals surface area contributed by atoms with Crippen LogP contribution in [-0.4, -0.2) is 22.6 Å². The summed E-state index contributed by atoms with van der Waals surface area (Å²) in [5.74, 6) is 0.418. The molecule has 0 amide bonds. The monoisotopic (exact) mass is 282 g/mol. The second-order valence-corrected chi connectivity index (χ2v) is 4.20. The number of aromatic nitrogens is 2. The first-order valence-electron chi connectivity index (χ1n) is 6.37. The molecule has 0 bridgehead atoms. The summed E-state index contributed by atoms with van der Waals surface area (Å²) in [5.41, 5.74) is 1.94. The Labute approximate surface area is 118 Å². The number of fused-ring (bicyclic) bond motifs is 1. The lowest BCUT2D eigenvalue weighted by atomic mass is 10.1. The Balaban J connectivity index is 0.000000861. The molecule has 0 aliphatic carbocycles. The molecule has 0 radical (unpaired) electrons. The van der Waals surface area contributed by atoms with Gasteiger partial charge in [0.15, 0.2) is 11.5 Å². The van der Waals surface area contributed by atoms with E-state index in [1.165, 1.54) is 6.92 Å². The van der Waals surface area contributed by atoms with E-state index in [0.717, 1.165) is 11.1 Å². The number of hydrogen-bond acceptors (Lipinski definition) is 3. The van der Waals surface area contributed by atoms with E-state index in [0.29, 0.717) is 28.5 Å². The second kappa shape index (κ2) is 6.57. The zero-order chi connectivity index (χ0) is 14.6. The van der Waals surface area contributed by atoms with Crippen molar-refractivity contribution < 1.29 is 9.53 Å². The van der Waals surface area contributed by atoms with Gasteiger partial charge in [0.05, 0.1) is 17.2 Å². The Morgan fingerprint density at radius 1 is 1.47 bits per heavy atom. The van der Waals surface area contributed by atoms with Gasteiger partial charge in [0.25, 0.3) is 0 Å². The van der Waals surface area contributed by atoms with Gasteiger partial charge in [-0.25, -0.2) is 0 Å². The van der Waals surface area contributed by atoms with Crippen LogP contribution in [0.3, 0.4) is 0 Å². The number of Topliss-reactive ketones (excluding diaryl/α,β-unsaturated/α-hetero) is 1. The van der Waals surface area contributed by atoms with E-state index >= 15 is 0 Å². The van der Waals surface area contributed by atoms with Crippen LogP contribution in [0, 0.1) is 6.92 Å². The molecule has 0 unspecified atom stereocenters. The van der Waals surface area contributed by atoms with Crippen molar-refractivity contribution >= 4 is 28.3 Å². The molecule has 5 heteroatoms. The SMILES string of the molecule is CC.CCOc1c(C(C)=O)cc(Cl)c2c(C)[nH]nc12. The van der Waals surface area contributed by atoms with Crippen molar-refractivity contribution in [2.45, 2.75) is 34.6 Å². The highest BCUT2D eigenvalue weighted by atomic mass is 35.5. The molecule has 0 atom stereocenters. The first-order valence-corrected chi connectivity index (χ1v) is 6.75. The van der Waals surface area contributed by atoms with Gasteiger partial charge in [0.1, 0.15) is 5.52 Å². The van der Waals surface area contributed by atoms with E-state index in [1.807, 2.05) is 27.7 Å². The molecule has 0 saturated carbocycles. The normalized spacial score (nSPS) is 10.0. The molecule has 104 valence electrons. The van der Waals surface area contributed by atoms with Crippen LogP contribution in [0.2, 0.25) is 5.02 Å². The fourth-order valence-electron chi connectivity index (χ4n) is 1.83. The first kappa shape index (κ1) is 15.5. The van der Waals surface area contributed by atoms with Gasteiger partial charge in [-0.1, -0.05) is 25.4 Å². The number of carbonyl (C=O) groups is 1. The topological polar surface area (TPSA) is 55.0 Å². The number of aryl methyl sites for hydroxylation is 1. The van der Waals surface area contributed by atoms with Crippen LogP contribution < -0.4 is 4.74 Å². The highest BCUT2D eigenvalue weighted by Gasteiger charge is 2.19. The van der Waals surface area contributed by atoms with Gasteiger partial charge in [0.2, 0.25) is 0 Å². The van der Waals surface area contributed by atoms with Crippen molar-refractivity contribution in [3.8, 4) is 5.75 Å². The average Bonchev–Trinajstić information content (AvgIpc) is 2.78. The van der Waals surface area contributed by atoms with Crippen LogP contribution in [0.4, 0.5) is 0 Å². The number of aromatic amines is 1. The van der Waals surface area contributed by atoms with E-state index in [9.17, 15) is 4.79 Å². The lowest BCUT2D eigenvalue weighted by Crippen LogP contribution is -2.01. The van der Waals surface area contributed by atoms with E-state index in [2.05, 4.69) is 10.2 Å². The summed E-state index contributed by atoms with van der Waals surface area (Å²) < 4.78 is 5.52. The van der Waals surface area contributed by atoms with Gasteiger partial charge in [-0.2, -0.15) is 5.10 Å². The highest BCUT2D eigenvalue weighted by Crippen LogP contribution is 2.35. The maximum Gasteiger partial charge on any atom is 0.163 e. The zero-order valence-electron chi connectivity index (χ0n) is 11.9. The Morgan fingerprint density at radius 2 is 2.11 bits per heavy atom. The maximum atomic E-state index is 11.6. The van der Waals surface area contributed by atoms with Crippen LogP contribution in [0.25, 0.3) is 10.9 Å². The first-order chi connectivity index (χ1) is 9.06. The lowest BCUT2D eigenvalue weighted by Gasteiger charge is -2.09. The molecule has 0 spiro atoms. The molecule has 0 fully saturated rings. The van der Waals surface area contributed by atoms with Crippen molar-refractivity contribution in [3.63, 3.8) is 0 Å². The van der Waals surface area contributed by atoms with E-state index in [4.69, 9.17) is 16.3 Å². The number of hydrogen-bond donors (Lipinski definition) is 1. The van der Waals surface area contributed by atoms with Crippen LogP contribution in [0.15, 0.2) is 6.07 Å². The van der Waals surface area contributed by atoms with Crippen LogP contribution >= 0.6 is 11.6 Å². The minimum atomic E-state index is -0.0853. The van der Waals surface area contributed by atoms with Crippen LogP contribution in [0.5, 0.6) is 5.75 Å². The fraction of sp³-hybridized carbons (Fsp3) is 0.429. The molecule has 1 aromatic carbocycles. The van der Waals surface area contributed by atoms with E-state index in [-0.39, 0.29) is 5.78 Å². The summed E-state index contributed by atoms with van der Waals surface area (Å²) in [4.78, 5) is 11.6. The number of ether oxygens (including phenoxy) is 1. The number of carbonyl (C=O) groups excluding carboxylic acids is 1. The number of rotatable bonds is 3. The molecular formula is C14H19ClN2O2. The Bertz CT molecular complexity index is 591. The second-order valence-electron chi connectivity index (χ2n) is 3.80. The molecule has 2 rings (SSSR count). The Morgan fingerprint density at radius 3 is 2.63 bits per heavy atom. The largest absolute Gasteiger partial charge is 0.491 e. The lowest BCUT2D eigenvalue weighted by molar-refractivity contribution is 0.101. The van der Waals surface area contributed by atoms with Gasteiger partial charge >= 0.3 is 0 Å². The van der Waals surface area contributed by atoms with Crippen molar-refractivity contribution in [2.24, 2.45) is 0 Å². The number of benzene rings is 1. The molecule has 19 heavy (non-hydrogen) atoms. The third-order valence-corrected chi connectivity index (χ3v) is 2.88. The molecule has 1 N–H and O–H groups in total. The predicted molar refractivity (Wildman–Crippen MR) is 78.4 cm³/mol. The van der Waals surface area contributed by atoms with Crippen LogP contribution in [-0.2, 0) is 0 Å². The molecule has 4 nitrogen and oxygen atoms in total. The summed E-state index contributed by atoms with van der Waals surface area (Å²) >= 11 is 6.16. The fourth-order valence-corrected chi connectivity index (χ4v) is 2.17. The number of H-pyrrole nitrogens is 1. The maximum absolute atomic E-state index is 11.6. The van der Waals surface area contributed by atoms with Crippen molar-refractivity contribution in [1.29, 1.82) is 0 Å². The van der Waals surface area contributed by atoms with Gasteiger partial charge in [-0.3, -0.25) is 9.89 Å². The number of nitrogens with one attached hydrogen (secondary N) is 1. The molecule has 0 saturated heterocycles. The third-order valence-electron chi connectivity index (χ3n) is 2.58. The zero-order valence-corrected chi connectivity index (χ0v) is 12.7. The molecular weight excluding hydrogens is 264 g/mol. The average molecular weight is 283 g/mol. The summed E-state index contributed by atoms with van der Waals surface area (Å²) in [6, 6.07) is 1.64. The molecule has 1 aromatic heterocycles. The van der Waals surface area contributed by atoms with Gasteiger partial charge in [-0.05, 0) is 26.8 Å². The number of ketones is 1. The summed E-state index contributed by atoms with van der Waals surface area (Å²) in [5, 5.41) is 8.33. The third kappa shape index (κ3) is 2.89. The minimum absolute atomic E-state index is 0.0853. The smallest absolute Gasteiger partial charge is 0.163 e. The summed E-state index contributed by atoms with van der Waals surface area (Å²) in [7, 11) is 0. The molecule has 0 aliphatic heterocycles. The minimum Gasteiger partial charge on any atom is -0.491 e. The standard InChI is InChI=1S/C12H13ClN2O2.C2H6/c1-4-17-12-8(7(3)16)5-9(13)10-6(2)14-15-11(10)12;1-2/h5H,4H2,1-3H3,(H,14,15);1-2H3. The number of nitrogens with zero attached hydrogens (tertiary/aromatic N) is 1. The van der Waals surface area contributed by atoms with Gasteiger partial charge in [0, 0.05) is 11.1 Å².